The van der Waals surface area contributed by atoms with Gasteiger partial charge in [-0.25, -0.2) is 10.0 Å². The smallest absolute Gasteiger partial charge is 0.190 e. The first-order chi connectivity index (χ1) is 8.74. The number of hydrogen-bond donors (Lipinski definition) is 4. The summed E-state index contributed by atoms with van der Waals surface area (Å²) in [7, 11) is 0. The van der Waals surface area contributed by atoms with E-state index in [1.54, 1.807) is 0 Å². The molecule has 106 valence electrons. The lowest BCUT2D eigenvalue weighted by atomic mass is 10.2. The summed E-state index contributed by atoms with van der Waals surface area (Å²) in [4.78, 5) is 9.60. The van der Waals surface area contributed by atoms with Crippen molar-refractivity contribution in [3.63, 3.8) is 0 Å². The van der Waals surface area contributed by atoms with E-state index in [9.17, 15) is 0 Å². The predicted octanol–water partition coefficient (Wildman–Crippen LogP) is -1.31. The van der Waals surface area contributed by atoms with Crippen molar-refractivity contribution in [2.24, 2.45) is 0 Å². The molecule has 0 radical (unpaired) electrons. The molecule has 2 unspecified atom stereocenters. The number of aliphatic hydroxyl groups is 2. The summed E-state index contributed by atoms with van der Waals surface area (Å²) in [6, 6.07) is 0. The van der Waals surface area contributed by atoms with E-state index in [4.69, 9.17) is 19.9 Å². The first-order valence-corrected chi connectivity index (χ1v) is 6.42. The highest BCUT2D eigenvalue weighted by Crippen LogP contribution is 2.07. The number of rotatable bonds is 7. The lowest BCUT2D eigenvalue weighted by molar-refractivity contribution is -0.111. The maximum Gasteiger partial charge on any atom is 0.190 e. The second-order valence-electron chi connectivity index (χ2n) is 4.63. The van der Waals surface area contributed by atoms with Crippen LogP contribution in [0.3, 0.4) is 0 Å². The molecule has 2 saturated heterocycles. The van der Waals surface area contributed by atoms with Crippen LogP contribution in [0.25, 0.3) is 0 Å². The van der Waals surface area contributed by atoms with E-state index in [1.807, 2.05) is 10.0 Å². The van der Waals surface area contributed by atoms with E-state index >= 15 is 0 Å². The van der Waals surface area contributed by atoms with Crippen LogP contribution in [0.1, 0.15) is 25.7 Å². The summed E-state index contributed by atoms with van der Waals surface area (Å²) >= 11 is 0. The fraction of sp³-hybridized carbons (Fsp3) is 1.00. The van der Waals surface area contributed by atoms with Gasteiger partial charge in [0.25, 0.3) is 0 Å². The van der Waals surface area contributed by atoms with Gasteiger partial charge in [0, 0.05) is 13.1 Å². The molecule has 4 N–H and O–H groups in total. The van der Waals surface area contributed by atoms with Gasteiger partial charge in [-0.3, -0.25) is 9.68 Å². The number of nitrogens with zero attached hydrogens (tertiary/aromatic N) is 2. The molecule has 0 spiro atoms. The zero-order valence-electron chi connectivity index (χ0n) is 10.4. The third kappa shape index (κ3) is 4.75. The molecule has 2 fully saturated rings. The second-order valence-corrected chi connectivity index (χ2v) is 4.63. The summed E-state index contributed by atoms with van der Waals surface area (Å²) in [5.74, 6) is 0. The summed E-state index contributed by atoms with van der Waals surface area (Å²) in [5, 5.41) is 22.0. The summed E-state index contributed by atoms with van der Waals surface area (Å²) in [5.41, 5.74) is 5.34. The maximum atomic E-state index is 9.11. The van der Waals surface area contributed by atoms with Gasteiger partial charge in [0.15, 0.2) is 12.6 Å². The highest BCUT2D eigenvalue weighted by Gasteiger charge is 2.20. The van der Waals surface area contributed by atoms with E-state index in [0.29, 0.717) is 13.1 Å². The van der Waals surface area contributed by atoms with E-state index in [2.05, 4.69) is 11.2 Å². The average molecular weight is 262 g/mol. The predicted molar refractivity (Wildman–Crippen MR) is 62.1 cm³/mol. The Kier molecular flexibility index (Phi) is 5.73. The number of nitrogens with one attached hydrogen (secondary N) is 2. The van der Waals surface area contributed by atoms with Crippen LogP contribution in [0, 0.1) is 0 Å². The number of hydrazine groups is 2. The van der Waals surface area contributed by atoms with Crippen molar-refractivity contribution in [2.45, 2.75) is 38.3 Å². The molecule has 0 saturated carbocycles. The lowest BCUT2D eigenvalue weighted by Crippen LogP contribution is -2.31. The molecule has 2 aliphatic rings. The Bertz CT molecular complexity index is 222. The van der Waals surface area contributed by atoms with Gasteiger partial charge in [-0.2, -0.15) is 0 Å². The number of β-amino-alcohol motifs (C(OH)–C–C–N with tert-alkyl or cyclic N) is 2. The molecule has 0 aliphatic carbocycles. The third-order valence-electron chi connectivity index (χ3n) is 2.99. The number of aliphatic hydroxyl groups excluding tert-OH is 2. The van der Waals surface area contributed by atoms with Crippen molar-refractivity contribution in [3.05, 3.63) is 0 Å². The molecule has 2 heterocycles. The Morgan fingerprint density at radius 1 is 0.833 bits per heavy atom. The van der Waals surface area contributed by atoms with Crippen LogP contribution in [-0.2, 0) is 9.68 Å². The first-order valence-electron chi connectivity index (χ1n) is 6.42. The normalized spacial score (nSPS) is 30.3. The molecule has 0 bridgehead atoms. The zero-order chi connectivity index (χ0) is 12.8. The van der Waals surface area contributed by atoms with Crippen LogP contribution in [0.2, 0.25) is 0 Å². The van der Waals surface area contributed by atoms with Crippen LogP contribution in [0.4, 0.5) is 0 Å². The van der Waals surface area contributed by atoms with Gasteiger partial charge in [0.1, 0.15) is 0 Å². The highest BCUT2D eigenvalue weighted by atomic mass is 16.8. The molecular weight excluding hydrogens is 240 g/mol. The molecule has 0 aromatic rings. The lowest BCUT2D eigenvalue weighted by Gasteiger charge is -2.13. The van der Waals surface area contributed by atoms with E-state index in [1.165, 1.54) is 0 Å². The van der Waals surface area contributed by atoms with E-state index in [0.717, 1.165) is 38.8 Å². The average Bonchev–Trinajstić information content (AvgIpc) is 2.93. The van der Waals surface area contributed by atoms with Crippen LogP contribution in [-0.4, -0.2) is 59.0 Å². The van der Waals surface area contributed by atoms with Crippen molar-refractivity contribution in [1.29, 1.82) is 0 Å². The Morgan fingerprint density at radius 2 is 1.28 bits per heavy atom. The minimum Gasteiger partial charge on any atom is -0.365 e. The van der Waals surface area contributed by atoms with Crippen molar-refractivity contribution in [3.8, 4) is 0 Å². The zero-order valence-corrected chi connectivity index (χ0v) is 10.4. The van der Waals surface area contributed by atoms with Crippen LogP contribution >= 0.6 is 0 Å². The van der Waals surface area contributed by atoms with Crippen molar-refractivity contribution < 1.29 is 19.9 Å². The molecule has 0 amide bonds. The largest absolute Gasteiger partial charge is 0.365 e. The topological polar surface area (TPSA) is 89.5 Å². The molecule has 0 aromatic heterocycles. The minimum atomic E-state index is -0.710. The van der Waals surface area contributed by atoms with Crippen molar-refractivity contribution in [2.75, 3.05) is 26.2 Å². The van der Waals surface area contributed by atoms with E-state index in [-0.39, 0.29) is 0 Å². The van der Waals surface area contributed by atoms with Gasteiger partial charge in [-0.05, 0) is 12.8 Å². The highest BCUT2D eigenvalue weighted by molar-refractivity contribution is 4.59. The second kappa shape index (κ2) is 7.31. The monoisotopic (exact) mass is 262 g/mol. The number of hydrogen-bond acceptors (Lipinski definition) is 8. The molecule has 0 aromatic carbocycles. The Hall–Kier alpha value is -0.320. The van der Waals surface area contributed by atoms with E-state index < -0.39 is 12.6 Å². The Morgan fingerprint density at radius 3 is 1.61 bits per heavy atom. The van der Waals surface area contributed by atoms with Gasteiger partial charge < -0.3 is 10.2 Å². The molecule has 2 aliphatic heterocycles. The third-order valence-corrected chi connectivity index (χ3v) is 2.99. The molecule has 2 rings (SSSR count). The minimum absolute atomic E-state index is 0.521. The fourth-order valence-electron chi connectivity index (χ4n) is 2.03. The summed E-state index contributed by atoms with van der Waals surface area (Å²) in [6.45, 7) is 2.79. The van der Waals surface area contributed by atoms with Gasteiger partial charge in [-0.15, -0.1) is 11.2 Å². The van der Waals surface area contributed by atoms with Crippen molar-refractivity contribution in [1.82, 2.24) is 21.2 Å². The number of unbranched alkanes of at least 4 members (excludes halogenated alkanes) is 3. The summed E-state index contributed by atoms with van der Waals surface area (Å²) in [6.07, 6.45) is 2.97. The summed E-state index contributed by atoms with van der Waals surface area (Å²) < 4.78 is 0. The Labute approximate surface area is 106 Å². The SMILES string of the molecule is OC1CN(CCCCCCN2CC(O)ON2)NO1. The van der Waals surface area contributed by atoms with Crippen LogP contribution in [0.5, 0.6) is 0 Å². The van der Waals surface area contributed by atoms with Crippen LogP contribution < -0.4 is 11.2 Å². The quantitative estimate of drug-likeness (QED) is 0.420. The standard InChI is InChI=1S/C10H22N4O4/c15-9-7-13(11-17-9)5-3-1-2-4-6-14-8-10(16)18-12-14/h9-12,15-16H,1-8H2. The van der Waals surface area contributed by atoms with Gasteiger partial charge in [0.05, 0.1) is 13.1 Å². The molecule has 8 heteroatoms. The molecular formula is C10H22N4O4. The molecule has 8 nitrogen and oxygen atoms in total. The van der Waals surface area contributed by atoms with Gasteiger partial charge in [0.2, 0.25) is 0 Å². The van der Waals surface area contributed by atoms with Gasteiger partial charge in [-0.1, -0.05) is 12.8 Å². The first kappa shape index (κ1) is 14.1. The van der Waals surface area contributed by atoms with Crippen molar-refractivity contribution >= 4 is 0 Å². The van der Waals surface area contributed by atoms with Gasteiger partial charge >= 0.3 is 0 Å². The maximum absolute atomic E-state index is 9.11. The Balaban J connectivity index is 1.40. The molecule has 2 atom stereocenters. The fourth-order valence-corrected chi connectivity index (χ4v) is 2.03. The van der Waals surface area contributed by atoms with Crippen LogP contribution in [0.15, 0.2) is 0 Å². The molecule has 18 heavy (non-hydrogen) atoms.